The monoisotopic (exact) mass is 248 g/mol. The Labute approximate surface area is 93.9 Å². The molecule has 0 bridgehead atoms. The molecule has 0 aliphatic heterocycles. The van der Waals surface area contributed by atoms with Crippen molar-refractivity contribution in [3.63, 3.8) is 0 Å². The van der Waals surface area contributed by atoms with Crippen molar-refractivity contribution in [2.45, 2.75) is 5.92 Å². The van der Waals surface area contributed by atoms with E-state index in [1.807, 2.05) is 0 Å². The number of amides is 1. The number of alkyl halides is 2. The number of anilines is 2. The smallest absolute Gasteiger partial charge is 0.343 e. The third-order valence-electron chi connectivity index (χ3n) is 1.93. The van der Waals surface area contributed by atoms with E-state index in [2.05, 4.69) is 6.58 Å². The molecule has 1 aromatic carbocycles. The van der Waals surface area contributed by atoms with Crippen LogP contribution in [0.5, 0.6) is 0 Å². The predicted octanol–water partition coefficient (Wildman–Crippen LogP) is 2.31. The number of hydrogen-bond donors (Lipinski definition) is 2. The number of carbonyl (C=O) groups excluding carboxylic acids is 1. The maximum Gasteiger partial charge on any atom is 0.343 e. The number of hydrogen-bond acceptors (Lipinski definition) is 2. The van der Waals surface area contributed by atoms with Crippen LogP contribution in [0.15, 0.2) is 24.8 Å². The second-order valence-electron chi connectivity index (χ2n) is 3.10. The van der Waals surface area contributed by atoms with E-state index in [4.69, 9.17) is 5.73 Å². The van der Waals surface area contributed by atoms with Gasteiger partial charge in [-0.15, -0.1) is 0 Å². The molecule has 0 aliphatic carbocycles. The van der Waals surface area contributed by atoms with Crippen molar-refractivity contribution in [2.75, 3.05) is 11.1 Å². The Morgan fingerprint density at radius 3 is 2.53 bits per heavy atom. The molecular formula is C10H8F4N2O. The van der Waals surface area contributed by atoms with Gasteiger partial charge in [-0.25, -0.2) is 8.78 Å². The summed E-state index contributed by atoms with van der Waals surface area (Å²) in [5, 5.41) is 1.59. The Bertz CT molecular complexity index is 474. The number of carbonyl (C=O) groups is 1. The molecule has 17 heavy (non-hydrogen) atoms. The number of nitrogen functional groups attached to an aromatic ring is 1. The molecule has 0 unspecified atom stereocenters. The minimum atomic E-state index is -3.85. The molecule has 1 rings (SSSR count). The van der Waals surface area contributed by atoms with Crippen molar-refractivity contribution in [1.82, 2.24) is 0 Å². The first-order valence-electron chi connectivity index (χ1n) is 4.36. The first-order chi connectivity index (χ1) is 7.79. The number of rotatable bonds is 3. The van der Waals surface area contributed by atoms with Crippen LogP contribution >= 0.6 is 0 Å². The summed E-state index contributed by atoms with van der Waals surface area (Å²) in [4.78, 5) is 11.0. The summed E-state index contributed by atoms with van der Waals surface area (Å²) in [6, 6.07) is 1.54. The van der Waals surface area contributed by atoms with Crippen molar-refractivity contribution < 1.29 is 22.4 Å². The van der Waals surface area contributed by atoms with Crippen molar-refractivity contribution in [3.05, 3.63) is 36.4 Å². The molecule has 0 saturated heterocycles. The van der Waals surface area contributed by atoms with Crippen LogP contribution in [0.4, 0.5) is 28.9 Å². The lowest BCUT2D eigenvalue weighted by Gasteiger charge is -2.13. The van der Waals surface area contributed by atoms with E-state index < -0.39 is 34.8 Å². The molecule has 0 aromatic heterocycles. The quantitative estimate of drug-likeness (QED) is 0.490. The standard InChI is InChI=1S/C10H8F4N2O/c1-2-10(13,14)9(17)16-6-4-3-5(11)8(15)7(6)12/h2-4H,1,15H2,(H,16,17). The van der Waals surface area contributed by atoms with Gasteiger partial charge in [-0.05, 0) is 18.2 Å². The number of nitrogens with one attached hydrogen (secondary N) is 1. The molecular weight excluding hydrogens is 240 g/mol. The van der Waals surface area contributed by atoms with Gasteiger partial charge in [0.2, 0.25) is 0 Å². The van der Waals surface area contributed by atoms with Crippen LogP contribution in [0.3, 0.4) is 0 Å². The van der Waals surface area contributed by atoms with Crippen LogP contribution in [-0.2, 0) is 4.79 Å². The summed E-state index contributed by atoms with van der Waals surface area (Å²) >= 11 is 0. The van der Waals surface area contributed by atoms with E-state index in [0.717, 1.165) is 12.1 Å². The van der Waals surface area contributed by atoms with E-state index in [0.29, 0.717) is 0 Å². The van der Waals surface area contributed by atoms with Gasteiger partial charge in [0.15, 0.2) is 5.82 Å². The average Bonchev–Trinajstić information content (AvgIpc) is 2.29. The minimum Gasteiger partial charge on any atom is -0.394 e. The molecule has 0 aliphatic rings. The van der Waals surface area contributed by atoms with Gasteiger partial charge in [-0.2, -0.15) is 8.78 Å². The summed E-state index contributed by atoms with van der Waals surface area (Å²) in [5.74, 6) is -7.98. The van der Waals surface area contributed by atoms with Crippen LogP contribution in [0.1, 0.15) is 0 Å². The molecule has 3 nitrogen and oxygen atoms in total. The van der Waals surface area contributed by atoms with E-state index >= 15 is 0 Å². The molecule has 1 amide bonds. The first kappa shape index (κ1) is 13.0. The number of nitrogens with two attached hydrogens (primary N) is 1. The van der Waals surface area contributed by atoms with Crippen molar-refractivity contribution in [1.29, 1.82) is 0 Å². The zero-order chi connectivity index (χ0) is 13.2. The largest absolute Gasteiger partial charge is 0.394 e. The fourth-order valence-corrected chi connectivity index (χ4v) is 0.964. The van der Waals surface area contributed by atoms with E-state index in [1.54, 1.807) is 5.32 Å². The fraction of sp³-hybridized carbons (Fsp3) is 0.100. The second-order valence-corrected chi connectivity index (χ2v) is 3.10. The normalized spacial score (nSPS) is 11.1. The molecule has 0 radical (unpaired) electrons. The molecule has 7 heteroatoms. The number of halogens is 4. The van der Waals surface area contributed by atoms with Crippen LogP contribution < -0.4 is 11.1 Å². The average molecular weight is 248 g/mol. The molecule has 3 N–H and O–H groups in total. The van der Waals surface area contributed by atoms with Gasteiger partial charge < -0.3 is 11.1 Å². The van der Waals surface area contributed by atoms with Gasteiger partial charge in [0.05, 0.1) is 5.69 Å². The minimum absolute atomic E-state index is 0.104. The Kier molecular flexibility index (Phi) is 3.40. The first-order valence-corrected chi connectivity index (χ1v) is 4.36. The van der Waals surface area contributed by atoms with Crippen molar-refractivity contribution in [2.24, 2.45) is 0 Å². The van der Waals surface area contributed by atoms with E-state index in [-0.39, 0.29) is 6.08 Å². The van der Waals surface area contributed by atoms with E-state index in [1.165, 1.54) is 0 Å². The Balaban J connectivity index is 3.02. The lowest BCUT2D eigenvalue weighted by Crippen LogP contribution is -2.32. The molecule has 0 saturated carbocycles. The molecule has 0 heterocycles. The summed E-state index contributed by atoms with van der Waals surface area (Å²) in [5.41, 5.74) is 3.51. The SMILES string of the molecule is C=CC(F)(F)C(=O)Nc1ccc(F)c(N)c1F. The summed E-state index contributed by atoms with van der Waals surface area (Å²) in [6.07, 6.45) is 0.104. The fourth-order valence-electron chi connectivity index (χ4n) is 0.964. The summed E-state index contributed by atoms with van der Waals surface area (Å²) in [6.45, 7) is 2.76. The molecule has 0 atom stereocenters. The van der Waals surface area contributed by atoms with Crippen molar-refractivity contribution >= 4 is 17.3 Å². The Morgan fingerprint density at radius 2 is 2.00 bits per heavy atom. The third-order valence-corrected chi connectivity index (χ3v) is 1.93. The summed E-state index contributed by atoms with van der Waals surface area (Å²) < 4.78 is 51.6. The highest BCUT2D eigenvalue weighted by atomic mass is 19.3. The van der Waals surface area contributed by atoms with Crippen molar-refractivity contribution in [3.8, 4) is 0 Å². The van der Waals surface area contributed by atoms with Gasteiger partial charge >= 0.3 is 5.92 Å². The molecule has 0 fully saturated rings. The van der Waals surface area contributed by atoms with Gasteiger partial charge in [-0.3, -0.25) is 4.79 Å². The second kappa shape index (κ2) is 4.44. The molecule has 1 aromatic rings. The topological polar surface area (TPSA) is 55.1 Å². The van der Waals surface area contributed by atoms with E-state index in [9.17, 15) is 22.4 Å². The molecule has 92 valence electrons. The van der Waals surface area contributed by atoms with Crippen LogP contribution in [-0.4, -0.2) is 11.8 Å². The predicted molar refractivity (Wildman–Crippen MR) is 54.5 cm³/mol. The van der Waals surface area contributed by atoms with Gasteiger partial charge in [0.25, 0.3) is 5.91 Å². The highest BCUT2D eigenvalue weighted by molar-refractivity contribution is 5.97. The Hall–Kier alpha value is -2.05. The highest BCUT2D eigenvalue weighted by Crippen LogP contribution is 2.25. The summed E-state index contributed by atoms with van der Waals surface area (Å²) in [7, 11) is 0. The number of benzene rings is 1. The zero-order valence-electron chi connectivity index (χ0n) is 8.44. The zero-order valence-corrected chi connectivity index (χ0v) is 8.44. The van der Waals surface area contributed by atoms with Crippen LogP contribution in [0.2, 0.25) is 0 Å². The highest BCUT2D eigenvalue weighted by Gasteiger charge is 2.35. The van der Waals surface area contributed by atoms with Crippen LogP contribution in [0.25, 0.3) is 0 Å². The lowest BCUT2D eigenvalue weighted by molar-refractivity contribution is -0.133. The van der Waals surface area contributed by atoms with Crippen LogP contribution in [0, 0.1) is 11.6 Å². The van der Waals surface area contributed by atoms with Gasteiger partial charge in [-0.1, -0.05) is 6.58 Å². The lowest BCUT2D eigenvalue weighted by atomic mass is 10.2. The molecule has 0 spiro atoms. The van der Waals surface area contributed by atoms with Gasteiger partial charge in [0, 0.05) is 0 Å². The maximum absolute atomic E-state index is 13.3. The maximum atomic E-state index is 13.3. The third kappa shape index (κ3) is 2.55. The van der Waals surface area contributed by atoms with Gasteiger partial charge in [0.1, 0.15) is 11.5 Å². The Morgan fingerprint density at radius 1 is 1.41 bits per heavy atom.